The van der Waals surface area contributed by atoms with Crippen molar-refractivity contribution in [3.63, 3.8) is 0 Å². The molecule has 4 heteroatoms. The van der Waals surface area contributed by atoms with Gasteiger partial charge < -0.3 is 10.2 Å². The van der Waals surface area contributed by atoms with E-state index < -0.39 is 0 Å². The molecule has 104 valence electrons. The van der Waals surface area contributed by atoms with Gasteiger partial charge in [0.1, 0.15) is 0 Å². The molecule has 0 bridgehead atoms. The highest BCUT2D eigenvalue weighted by Gasteiger charge is 2.22. The highest BCUT2D eigenvalue weighted by molar-refractivity contribution is 5.77. The zero-order valence-electron chi connectivity index (χ0n) is 11.7. The van der Waals surface area contributed by atoms with Crippen molar-refractivity contribution in [2.75, 3.05) is 46.3 Å². The second kappa shape index (κ2) is 7.10. The number of hydrogen-bond donors (Lipinski definition) is 1. The van der Waals surface area contributed by atoms with Crippen LogP contribution in [0.4, 0.5) is 0 Å². The summed E-state index contributed by atoms with van der Waals surface area (Å²) in [4.78, 5) is 16.2. The average Bonchev–Trinajstić information content (AvgIpc) is 2.42. The Morgan fingerprint density at radius 3 is 2.33 bits per heavy atom. The minimum atomic E-state index is 0.143. The Hall–Kier alpha value is -0.610. The second-order valence-corrected chi connectivity index (χ2v) is 5.75. The Labute approximate surface area is 111 Å². The van der Waals surface area contributed by atoms with Gasteiger partial charge in [0, 0.05) is 13.6 Å². The first-order chi connectivity index (χ1) is 8.78. The van der Waals surface area contributed by atoms with Gasteiger partial charge in [-0.05, 0) is 57.8 Å². The SMILES string of the molecule is CNC(=O)CN1CCC(CN2CCCCC2)CC1. The van der Waals surface area contributed by atoms with Crippen molar-refractivity contribution in [1.82, 2.24) is 15.1 Å². The fraction of sp³-hybridized carbons (Fsp3) is 0.929. The first-order valence-electron chi connectivity index (χ1n) is 7.43. The van der Waals surface area contributed by atoms with Gasteiger partial charge in [0.2, 0.25) is 5.91 Å². The maximum atomic E-state index is 11.3. The number of nitrogens with zero attached hydrogens (tertiary/aromatic N) is 2. The van der Waals surface area contributed by atoms with E-state index in [9.17, 15) is 4.79 Å². The van der Waals surface area contributed by atoms with Crippen molar-refractivity contribution >= 4 is 5.91 Å². The summed E-state index contributed by atoms with van der Waals surface area (Å²) in [5.41, 5.74) is 0. The van der Waals surface area contributed by atoms with E-state index >= 15 is 0 Å². The molecule has 0 atom stereocenters. The van der Waals surface area contributed by atoms with Crippen molar-refractivity contribution in [3.05, 3.63) is 0 Å². The van der Waals surface area contributed by atoms with Crippen LogP contribution in [-0.4, -0.2) is 62.0 Å². The number of carbonyl (C=O) groups is 1. The Kier molecular flexibility index (Phi) is 5.45. The van der Waals surface area contributed by atoms with Crippen LogP contribution >= 0.6 is 0 Å². The molecule has 0 aromatic carbocycles. The van der Waals surface area contributed by atoms with Crippen molar-refractivity contribution < 1.29 is 4.79 Å². The number of piperidine rings is 2. The lowest BCUT2D eigenvalue weighted by atomic mass is 9.95. The molecule has 0 saturated carbocycles. The molecule has 2 fully saturated rings. The van der Waals surface area contributed by atoms with Crippen molar-refractivity contribution in [2.45, 2.75) is 32.1 Å². The summed E-state index contributed by atoms with van der Waals surface area (Å²) in [5, 5.41) is 2.70. The van der Waals surface area contributed by atoms with Gasteiger partial charge in [-0.3, -0.25) is 9.69 Å². The molecule has 1 N–H and O–H groups in total. The van der Waals surface area contributed by atoms with Gasteiger partial charge in [-0.1, -0.05) is 6.42 Å². The number of amides is 1. The number of rotatable bonds is 4. The van der Waals surface area contributed by atoms with E-state index in [-0.39, 0.29) is 5.91 Å². The quantitative estimate of drug-likeness (QED) is 0.809. The summed E-state index contributed by atoms with van der Waals surface area (Å²) < 4.78 is 0. The van der Waals surface area contributed by atoms with Gasteiger partial charge in [0.05, 0.1) is 6.54 Å². The van der Waals surface area contributed by atoms with Gasteiger partial charge >= 0.3 is 0 Å². The number of nitrogens with one attached hydrogen (secondary N) is 1. The summed E-state index contributed by atoms with van der Waals surface area (Å²) in [6.45, 7) is 6.65. The average molecular weight is 253 g/mol. The molecule has 4 nitrogen and oxygen atoms in total. The van der Waals surface area contributed by atoms with Crippen LogP contribution in [0.25, 0.3) is 0 Å². The molecule has 18 heavy (non-hydrogen) atoms. The zero-order valence-corrected chi connectivity index (χ0v) is 11.7. The summed E-state index contributed by atoms with van der Waals surface area (Å²) in [6.07, 6.45) is 6.70. The van der Waals surface area contributed by atoms with Gasteiger partial charge in [-0.15, -0.1) is 0 Å². The van der Waals surface area contributed by atoms with E-state index in [0.717, 1.165) is 19.0 Å². The Balaban J connectivity index is 1.65. The highest BCUT2D eigenvalue weighted by Crippen LogP contribution is 2.20. The Morgan fingerprint density at radius 2 is 1.72 bits per heavy atom. The molecule has 2 rings (SSSR count). The van der Waals surface area contributed by atoms with E-state index in [0.29, 0.717) is 6.54 Å². The molecule has 2 aliphatic heterocycles. The fourth-order valence-electron chi connectivity index (χ4n) is 3.12. The summed E-state index contributed by atoms with van der Waals surface area (Å²) >= 11 is 0. The van der Waals surface area contributed by atoms with Crippen LogP contribution in [0.5, 0.6) is 0 Å². The molecular weight excluding hydrogens is 226 g/mol. The number of carbonyl (C=O) groups excluding carboxylic acids is 1. The number of likely N-dealkylation sites (N-methyl/N-ethyl adjacent to an activating group) is 1. The molecular formula is C14H27N3O. The van der Waals surface area contributed by atoms with Crippen molar-refractivity contribution in [2.24, 2.45) is 5.92 Å². The first kappa shape index (κ1) is 13.8. The molecule has 0 spiro atoms. The van der Waals surface area contributed by atoms with Crippen LogP contribution in [0.3, 0.4) is 0 Å². The molecule has 1 amide bonds. The van der Waals surface area contributed by atoms with Gasteiger partial charge in [0.15, 0.2) is 0 Å². The minimum Gasteiger partial charge on any atom is -0.358 e. The van der Waals surface area contributed by atoms with Crippen LogP contribution in [0, 0.1) is 5.92 Å². The third kappa shape index (κ3) is 4.25. The molecule has 0 aromatic rings. The molecule has 0 aliphatic carbocycles. The summed E-state index contributed by atoms with van der Waals surface area (Å²) in [5.74, 6) is 0.994. The Morgan fingerprint density at radius 1 is 1.06 bits per heavy atom. The highest BCUT2D eigenvalue weighted by atomic mass is 16.1. The van der Waals surface area contributed by atoms with Crippen LogP contribution < -0.4 is 5.32 Å². The number of hydrogen-bond acceptors (Lipinski definition) is 3. The lowest BCUT2D eigenvalue weighted by molar-refractivity contribution is -0.122. The number of likely N-dealkylation sites (tertiary alicyclic amines) is 2. The van der Waals surface area contributed by atoms with Crippen LogP contribution in [0.1, 0.15) is 32.1 Å². The van der Waals surface area contributed by atoms with Crippen LogP contribution in [0.15, 0.2) is 0 Å². The monoisotopic (exact) mass is 253 g/mol. The molecule has 2 aliphatic rings. The summed E-state index contributed by atoms with van der Waals surface area (Å²) in [7, 11) is 1.71. The largest absolute Gasteiger partial charge is 0.358 e. The molecule has 0 unspecified atom stereocenters. The first-order valence-corrected chi connectivity index (χ1v) is 7.43. The van der Waals surface area contributed by atoms with Crippen LogP contribution in [0.2, 0.25) is 0 Å². The maximum absolute atomic E-state index is 11.3. The van der Waals surface area contributed by atoms with E-state index in [2.05, 4.69) is 15.1 Å². The van der Waals surface area contributed by atoms with E-state index in [1.165, 1.54) is 51.7 Å². The lowest BCUT2D eigenvalue weighted by Crippen LogP contribution is -2.43. The Bertz CT molecular complexity index is 256. The van der Waals surface area contributed by atoms with Crippen molar-refractivity contribution in [1.29, 1.82) is 0 Å². The van der Waals surface area contributed by atoms with E-state index in [1.807, 2.05) is 0 Å². The van der Waals surface area contributed by atoms with Gasteiger partial charge in [-0.2, -0.15) is 0 Å². The van der Waals surface area contributed by atoms with E-state index in [4.69, 9.17) is 0 Å². The lowest BCUT2D eigenvalue weighted by Gasteiger charge is -2.35. The summed E-state index contributed by atoms with van der Waals surface area (Å²) in [6, 6.07) is 0. The molecule has 2 saturated heterocycles. The smallest absolute Gasteiger partial charge is 0.233 e. The molecule has 0 aromatic heterocycles. The minimum absolute atomic E-state index is 0.143. The maximum Gasteiger partial charge on any atom is 0.233 e. The van der Waals surface area contributed by atoms with Crippen molar-refractivity contribution in [3.8, 4) is 0 Å². The molecule has 0 radical (unpaired) electrons. The third-order valence-electron chi connectivity index (χ3n) is 4.32. The fourth-order valence-corrected chi connectivity index (χ4v) is 3.12. The predicted molar refractivity (Wildman–Crippen MR) is 73.5 cm³/mol. The van der Waals surface area contributed by atoms with Crippen LogP contribution in [-0.2, 0) is 4.79 Å². The third-order valence-corrected chi connectivity index (χ3v) is 4.32. The standard InChI is InChI=1S/C14H27N3O/c1-15-14(18)12-17-9-5-13(6-10-17)11-16-7-3-2-4-8-16/h13H,2-12H2,1H3,(H,15,18). The van der Waals surface area contributed by atoms with Gasteiger partial charge in [0.25, 0.3) is 0 Å². The molecule has 2 heterocycles. The van der Waals surface area contributed by atoms with Gasteiger partial charge in [-0.25, -0.2) is 0 Å². The predicted octanol–water partition coefficient (Wildman–Crippen LogP) is 0.930. The zero-order chi connectivity index (χ0) is 12.8. The topological polar surface area (TPSA) is 35.6 Å². The normalized spacial score (nSPS) is 24.1. The second-order valence-electron chi connectivity index (χ2n) is 5.75. The van der Waals surface area contributed by atoms with E-state index in [1.54, 1.807) is 7.05 Å².